The molecule has 1 heterocycles. The third-order valence-electron chi connectivity index (χ3n) is 5.75. The molecule has 1 atom stereocenters. The third-order valence-corrected chi connectivity index (χ3v) is 5.75. The zero-order chi connectivity index (χ0) is 20.6. The lowest BCUT2D eigenvalue weighted by molar-refractivity contribution is -0.134. The second-order valence-corrected chi connectivity index (χ2v) is 8.02. The van der Waals surface area contributed by atoms with Gasteiger partial charge in [-0.3, -0.25) is 14.6 Å². The minimum Gasteiger partial charge on any atom is -0.356 e. The van der Waals surface area contributed by atoms with Crippen molar-refractivity contribution < 1.29 is 9.59 Å². The molecule has 2 aliphatic rings. The van der Waals surface area contributed by atoms with Crippen molar-refractivity contribution in [3.8, 4) is 0 Å². The number of nitrogens with zero attached hydrogens (tertiary/aromatic N) is 2. The first-order chi connectivity index (χ1) is 14.0. The summed E-state index contributed by atoms with van der Waals surface area (Å²) >= 11 is 0. The van der Waals surface area contributed by atoms with Crippen LogP contribution >= 0.6 is 0 Å². The molecule has 7 heteroatoms. The summed E-state index contributed by atoms with van der Waals surface area (Å²) in [6.07, 6.45) is 6.32. The minimum atomic E-state index is -0.0651. The van der Waals surface area contributed by atoms with Crippen molar-refractivity contribution in [2.45, 2.75) is 51.5 Å². The molecule has 0 spiro atoms. The van der Waals surface area contributed by atoms with Crippen LogP contribution in [0.15, 0.2) is 29.3 Å². The van der Waals surface area contributed by atoms with E-state index in [0.29, 0.717) is 5.91 Å². The third kappa shape index (κ3) is 6.21. The number of guanidine groups is 1. The Morgan fingerprint density at radius 2 is 1.86 bits per heavy atom. The lowest BCUT2D eigenvalue weighted by Crippen LogP contribution is -2.45. The Morgan fingerprint density at radius 3 is 2.52 bits per heavy atom. The normalized spacial score (nSPS) is 20.0. The highest BCUT2D eigenvalue weighted by Gasteiger charge is 2.32. The Hall–Kier alpha value is -2.57. The number of carbonyl (C=O) groups is 2. The molecule has 0 aromatic heterocycles. The summed E-state index contributed by atoms with van der Waals surface area (Å²) in [6.45, 7) is 3.87. The van der Waals surface area contributed by atoms with Crippen LogP contribution in [0.4, 0.5) is 5.69 Å². The molecule has 2 amide bonds. The molecule has 2 fully saturated rings. The SMILES string of the molecule is CN=C(NCCc1ccc(NC(C)=O)cc1)NC1CCN(C(=O)C2CCCC2)C1. The summed E-state index contributed by atoms with van der Waals surface area (Å²) in [4.78, 5) is 30.0. The highest BCUT2D eigenvalue weighted by Crippen LogP contribution is 2.27. The van der Waals surface area contributed by atoms with E-state index in [1.165, 1.54) is 25.3 Å². The highest BCUT2D eigenvalue weighted by molar-refractivity contribution is 5.88. The van der Waals surface area contributed by atoms with Gasteiger partial charge in [-0.2, -0.15) is 0 Å². The first-order valence-electron chi connectivity index (χ1n) is 10.7. The molecule has 0 radical (unpaired) electrons. The van der Waals surface area contributed by atoms with Gasteiger partial charge in [0.1, 0.15) is 0 Å². The van der Waals surface area contributed by atoms with Crippen LogP contribution in [0.25, 0.3) is 0 Å². The molecule has 3 rings (SSSR count). The molecule has 1 aromatic rings. The van der Waals surface area contributed by atoms with E-state index >= 15 is 0 Å². The van der Waals surface area contributed by atoms with Gasteiger partial charge in [-0.05, 0) is 43.4 Å². The maximum absolute atomic E-state index is 12.6. The molecular formula is C22H33N5O2. The number of amides is 2. The van der Waals surface area contributed by atoms with E-state index in [2.05, 4.69) is 20.9 Å². The summed E-state index contributed by atoms with van der Waals surface area (Å²) in [6, 6.07) is 8.12. The van der Waals surface area contributed by atoms with Gasteiger partial charge in [0.15, 0.2) is 5.96 Å². The molecule has 1 saturated carbocycles. The van der Waals surface area contributed by atoms with Crippen molar-refractivity contribution in [2.75, 3.05) is 32.0 Å². The van der Waals surface area contributed by atoms with Crippen LogP contribution in [0, 0.1) is 5.92 Å². The molecule has 1 saturated heterocycles. The topological polar surface area (TPSA) is 85.8 Å². The molecule has 0 bridgehead atoms. The van der Waals surface area contributed by atoms with Gasteiger partial charge in [-0.25, -0.2) is 0 Å². The number of hydrogen-bond donors (Lipinski definition) is 3. The quantitative estimate of drug-likeness (QED) is 0.505. The second kappa shape index (κ2) is 10.3. The fourth-order valence-corrected chi connectivity index (χ4v) is 4.18. The van der Waals surface area contributed by atoms with E-state index in [1.807, 2.05) is 29.2 Å². The van der Waals surface area contributed by atoms with Crippen LogP contribution in [-0.2, 0) is 16.0 Å². The first kappa shape index (κ1) is 21.1. The zero-order valence-corrected chi connectivity index (χ0v) is 17.5. The van der Waals surface area contributed by atoms with Crippen LogP contribution in [0.1, 0.15) is 44.6 Å². The Labute approximate surface area is 173 Å². The molecular weight excluding hydrogens is 366 g/mol. The molecule has 3 N–H and O–H groups in total. The first-order valence-corrected chi connectivity index (χ1v) is 10.7. The van der Waals surface area contributed by atoms with E-state index in [4.69, 9.17) is 0 Å². The monoisotopic (exact) mass is 399 g/mol. The van der Waals surface area contributed by atoms with Gasteiger partial charge in [0.2, 0.25) is 11.8 Å². The Bertz CT molecular complexity index is 725. The summed E-state index contributed by atoms with van der Waals surface area (Å²) in [5.41, 5.74) is 2.00. The fraction of sp³-hybridized carbons (Fsp3) is 0.591. The van der Waals surface area contributed by atoms with E-state index in [-0.39, 0.29) is 17.9 Å². The van der Waals surface area contributed by atoms with Gasteiger partial charge >= 0.3 is 0 Å². The number of hydrogen-bond acceptors (Lipinski definition) is 3. The van der Waals surface area contributed by atoms with Gasteiger partial charge in [-0.15, -0.1) is 0 Å². The molecule has 1 aromatic carbocycles. The lowest BCUT2D eigenvalue weighted by Gasteiger charge is -2.21. The van der Waals surface area contributed by atoms with Crippen LogP contribution in [0.2, 0.25) is 0 Å². The van der Waals surface area contributed by atoms with Gasteiger partial charge in [0.05, 0.1) is 0 Å². The number of anilines is 1. The molecule has 1 aliphatic heterocycles. The van der Waals surface area contributed by atoms with Gasteiger partial charge < -0.3 is 20.9 Å². The van der Waals surface area contributed by atoms with Gasteiger partial charge in [-0.1, -0.05) is 25.0 Å². The number of aliphatic imine (C=N–C) groups is 1. The van der Waals surface area contributed by atoms with E-state index in [9.17, 15) is 9.59 Å². The van der Waals surface area contributed by atoms with Crippen LogP contribution < -0.4 is 16.0 Å². The maximum Gasteiger partial charge on any atom is 0.225 e. The molecule has 7 nitrogen and oxygen atoms in total. The van der Waals surface area contributed by atoms with E-state index in [1.54, 1.807) is 7.05 Å². The Kier molecular flexibility index (Phi) is 7.49. The maximum atomic E-state index is 12.6. The molecule has 1 aliphatic carbocycles. The Balaban J connectivity index is 1.39. The van der Waals surface area contributed by atoms with Crippen LogP contribution in [0.5, 0.6) is 0 Å². The number of nitrogens with one attached hydrogen (secondary N) is 3. The van der Waals surface area contributed by atoms with Gasteiger partial charge in [0, 0.05) is 51.3 Å². The predicted octanol–water partition coefficient (Wildman–Crippen LogP) is 2.14. The lowest BCUT2D eigenvalue weighted by atomic mass is 10.1. The second-order valence-electron chi connectivity index (χ2n) is 8.02. The summed E-state index contributed by atoms with van der Waals surface area (Å²) in [5.74, 6) is 1.31. The summed E-state index contributed by atoms with van der Waals surface area (Å²) < 4.78 is 0. The average Bonchev–Trinajstić information content (AvgIpc) is 3.40. The minimum absolute atomic E-state index is 0.0651. The van der Waals surface area contributed by atoms with Gasteiger partial charge in [0.25, 0.3) is 0 Å². The fourth-order valence-electron chi connectivity index (χ4n) is 4.18. The number of rotatable bonds is 6. The Morgan fingerprint density at radius 1 is 1.14 bits per heavy atom. The number of benzene rings is 1. The van der Waals surface area contributed by atoms with Crippen molar-refractivity contribution in [3.63, 3.8) is 0 Å². The smallest absolute Gasteiger partial charge is 0.225 e. The summed E-state index contributed by atoms with van der Waals surface area (Å²) in [5, 5.41) is 9.59. The van der Waals surface area contributed by atoms with Crippen LogP contribution in [-0.4, -0.2) is 55.4 Å². The zero-order valence-electron chi connectivity index (χ0n) is 17.5. The van der Waals surface area contributed by atoms with Crippen molar-refractivity contribution in [3.05, 3.63) is 29.8 Å². The highest BCUT2D eigenvalue weighted by atomic mass is 16.2. The van der Waals surface area contributed by atoms with E-state index in [0.717, 1.165) is 57.0 Å². The van der Waals surface area contributed by atoms with Crippen molar-refractivity contribution >= 4 is 23.5 Å². The number of carbonyl (C=O) groups excluding carboxylic acids is 2. The molecule has 1 unspecified atom stereocenters. The average molecular weight is 400 g/mol. The standard InChI is InChI=1S/C22H33N5O2/c1-16(28)25-19-9-7-17(8-10-19)11-13-24-22(23-2)26-20-12-14-27(15-20)21(29)18-5-3-4-6-18/h7-10,18,20H,3-6,11-15H2,1-2H3,(H,25,28)(H2,23,24,26). The molecule has 29 heavy (non-hydrogen) atoms. The predicted molar refractivity (Wildman–Crippen MR) is 116 cm³/mol. The largest absolute Gasteiger partial charge is 0.356 e. The van der Waals surface area contributed by atoms with Crippen molar-refractivity contribution in [1.29, 1.82) is 0 Å². The van der Waals surface area contributed by atoms with E-state index < -0.39 is 0 Å². The number of likely N-dealkylation sites (tertiary alicyclic amines) is 1. The van der Waals surface area contributed by atoms with Crippen LogP contribution in [0.3, 0.4) is 0 Å². The van der Waals surface area contributed by atoms with Crippen molar-refractivity contribution in [2.24, 2.45) is 10.9 Å². The molecule has 158 valence electrons. The van der Waals surface area contributed by atoms with Crippen molar-refractivity contribution in [1.82, 2.24) is 15.5 Å². The summed E-state index contributed by atoms with van der Waals surface area (Å²) in [7, 11) is 1.77.